The Balaban J connectivity index is 1.27. The number of carbonyl (C=O) groups is 2. The third kappa shape index (κ3) is 6.81. The van der Waals surface area contributed by atoms with Crippen molar-refractivity contribution in [3.8, 4) is 17.2 Å². The van der Waals surface area contributed by atoms with E-state index in [9.17, 15) is 19.1 Å². The van der Waals surface area contributed by atoms with Crippen LogP contribution in [0, 0.1) is 5.82 Å². The highest BCUT2D eigenvalue weighted by Crippen LogP contribution is 2.46. The number of carbonyl (C=O) groups excluding carboxylic acids is 2. The average Bonchev–Trinajstić information content (AvgIpc) is 3.82. The van der Waals surface area contributed by atoms with Gasteiger partial charge >= 0.3 is 5.91 Å². The molecule has 0 saturated carbocycles. The number of hydrogen-bond acceptors (Lipinski definition) is 10. The molecule has 1 fully saturated rings. The van der Waals surface area contributed by atoms with E-state index < -0.39 is 17.7 Å². The van der Waals surface area contributed by atoms with Gasteiger partial charge in [-0.3, -0.25) is 14.5 Å². The van der Waals surface area contributed by atoms with E-state index in [2.05, 4.69) is 10.2 Å². The quantitative estimate of drug-likeness (QED) is 0.0481. The number of fused-ring (bicyclic) bond motifs is 1. The monoisotopic (exact) mass is 709 g/mol. The van der Waals surface area contributed by atoms with Crippen LogP contribution in [-0.4, -0.2) is 39.7 Å². The van der Waals surface area contributed by atoms with Crippen molar-refractivity contribution in [1.29, 1.82) is 0 Å². The molecule has 1 aromatic heterocycles. The lowest BCUT2D eigenvalue weighted by Crippen LogP contribution is -2.29. The highest BCUT2D eigenvalue weighted by Gasteiger charge is 2.48. The molecule has 5 aromatic rings. The van der Waals surface area contributed by atoms with E-state index in [0.717, 1.165) is 33.8 Å². The lowest BCUT2D eigenvalue weighted by Gasteiger charge is -2.24. The summed E-state index contributed by atoms with van der Waals surface area (Å²) >= 11 is 2.53. The molecule has 2 aliphatic rings. The predicted molar refractivity (Wildman–Crippen MR) is 189 cm³/mol. The number of halogens is 1. The van der Waals surface area contributed by atoms with E-state index in [1.54, 1.807) is 48.5 Å². The highest BCUT2D eigenvalue weighted by atomic mass is 32.2. The zero-order chi connectivity index (χ0) is 34.8. The van der Waals surface area contributed by atoms with Gasteiger partial charge in [0, 0.05) is 17.7 Å². The number of ketones is 1. The molecule has 9 nitrogen and oxygen atoms in total. The SMILES string of the molecule is CCOc1cc(C2/C(=C(\O)c3ccc4c(c3)CC(C)O4)C(=O)C(=O)N2c2nnc(SCc3ccc(F)cc3)s2)ccc1OCc1ccccc1. The zero-order valence-electron chi connectivity index (χ0n) is 27.2. The molecular formula is C38H32FN3O6S2. The van der Waals surface area contributed by atoms with Gasteiger partial charge in [0.15, 0.2) is 15.8 Å². The molecule has 1 N–H and O–H groups in total. The molecule has 254 valence electrons. The van der Waals surface area contributed by atoms with Crippen LogP contribution in [0.15, 0.2) is 101 Å². The number of amides is 1. The molecule has 0 bridgehead atoms. The third-order valence-electron chi connectivity index (χ3n) is 8.31. The molecule has 4 aromatic carbocycles. The first kappa shape index (κ1) is 33.3. The summed E-state index contributed by atoms with van der Waals surface area (Å²) in [6.07, 6.45) is 0.639. The first-order valence-electron chi connectivity index (χ1n) is 16.0. The van der Waals surface area contributed by atoms with Crippen LogP contribution in [0.4, 0.5) is 9.52 Å². The molecule has 12 heteroatoms. The number of Topliss-reactive ketones (excluding diaryl/α,β-unsaturated/α-hetero) is 1. The van der Waals surface area contributed by atoms with Crippen molar-refractivity contribution in [2.24, 2.45) is 0 Å². The van der Waals surface area contributed by atoms with E-state index in [4.69, 9.17) is 14.2 Å². The summed E-state index contributed by atoms with van der Waals surface area (Å²) in [7, 11) is 0. The summed E-state index contributed by atoms with van der Waals surface area (Å²) in [6.45, 7) is 4.46. The number of aliphatic hydroxyl groups excluding tert-OH is 1. The molecule has 1 saturated heterocycles. The molecule has 0 aliphatic carbocycles. The molecular weight excluding hydrogens is 678 g/mol. The number of aliphatic hydroxyl groups is 1. The maximum atomic E-state index is 13.9. The summed E-state index contributed by atoms with van der Waals surface area (Å²) < 4.78 is 31.9. The van der Waals surface area contributed by atoms with Gasteiger partial charge in [-0.2, -0.15) is 0 Å². The Labute approximate surface area is 296 Å². The summed E-state index contributed by atoms with van der Waals surface area (Å²) in [6, 6.07) is 25.3. The van der Waals surface area contributed by atoms with Crippen molar-refractivity contribution in [3.05, 3.63) is 130 Å². The summed E-state index contributed by atoms with van der Waals surface area (Å²) in [5.74, 6) is -0.200. The fourth-order valence-electron chi connectivity index (χ4n) is 5.97. The summed E-state index contributed by atoms with van der Waals surface area (Å²) in [5.41, 5.74) is 3.59. The highest BCUT2D eigenvalue weighted by molar-refractivity contribution is 8.00. The average molecular weight is 710 g/mol. The standard InChI is InChI=1S/C38H32FN3O6S2/c1-3-46-31-19-25(11-16-30(31)47-20-23-7-5-4-6-8-23)33-32(34(43)26-12-15-29-27(18-26)17-22(2)48-29)35(44)36(45)42(33)37-40-41-38(50-37)49-21-24-9-13-28(39)14-10-24/h4-16,18-19,22,33,43H,3,17,20-21H2,1-2H3/b34-32+. The first-order valence-corrected chi connectivity index (χ1v) is 17.8. The number of hydrogen-bond donors (Lipinski definition) is 1. The number of rotatable bonds is 11. The van der Waals surface area contributed by atoms with E-state index in [0.29, 0.717) is 52.4 Å². The Bertz CT molecular complexity index is 2090. The van der Waals surface area contributed by atoms with E-state index in [1.165, 1.54) is 28.8 Å². The number of nitrogens with zero attached hydrogens (tertiary/aromatic N) is 3. The fourth-order valence-corrected chi connectivity index (χ4v) is 7.79. The number of anilines is 1. The molecule has 7 rings (SSSR count). The van der Waals surface area contributed by atoms with Gasteiger partial charge in [-0.05, 0) is 78.6 Å². The first-order chi connectivity index (χ1) is 24.3. The Morgan fingerprint density at radius 3 is 2.56 bits per heavy atom. The van der Waals surface area contributed by atoms with Crippen LogP contribution in [0.1, 0.15) is 47.7 Å². The van der Waals surface area contributed by atoms with E-state index in [1.807, 2.05) is 44.2 Å². The lowest BCUT2D eigenvalue weighted by atomic mass is 9.94. The van der Waals surface area contributed by atoms with Crippen LogP contribution >= 0.6 is 23.1 Å². The smallest absolute Gasteiger partial charge is 0.301 e. The largest absolute Gasteiger partial charge is 0.507 e. The summed E-state index contributed by atoms with van der Waals surface area (Å²) in [4.78, 5) is 29.0. The van der Waals surface area contributed by atoms with Crippen molar-refractivity contribution in [3.63, 3.8) is 0 Å². The van der Waals surface area contributed by atoms with Crippen LogP contribution in [-0.2, 0) is 28.4 Å². The van der Waals surface area contributed by atoms with Gasteiger partial charge in [-0.15, -0.1) is 10.2 Å². The minimum absolute atomic E-state index is 0.0138. The lowest BCUT2D eigenvalue weighted by molar-refractivity contribution is -0.132. The fraction of sp³-hybridized carbons (Fsp3) is 0.211. The van der Waals surface area contributed by atoms with Crippen LogP contribution < -0.4 is 19.1 Å². The second-order valence-corrected chi connectivity index (χ2v) is 14.0. The minimum atomic E-state index is -1.05. The van der Waals surface area contributed by atoms with Crippen molar-refractivity contribution in [2.75, 3.05) is 11.5 Å². The number of aromatic nitrogens is 2. The molecule has 2 aliphatic heterocycles. The molecule has 2 unspecified atom stereocenters. The maximum Gasteiger partial charge on any atom is 0.301 e. The van der Waals surface area contributed by atoms with Gasteiger partial charge in [0.1, 0.15) is 30.0 Å². The van der Waals surface area contributed by atoms with Crippen molar-refractivity contribution >= 4 is 45.7 Å². The number of thioether (sulfide) groups is 1. The van der Waals surface area contributed by atoms with Gasteiger partial charge in [0.2, 0.25) is 5.13 Å². The number of ether oxygens (including phenoxy) is 3. The molecule has 1 amide bonds. The van der Waals surface area contributed by atoms with Gasteiger partial charge in [0.25, 0.3) is 5.78 Å². The summed E-state index contributed by atoms with van der Waals surface area (Å²) in [5, 5.41) is 20.6. The molecule has 3 heterocycles. The molecule has 2 atom stereocenters. The maximum absolute atomic E-state index is 13.9. The van der Waals surface area contributed by atoms with Gasteiger partial charge < -0.3 is 19.3 Å². The van der Waals surface area contributed by atoms with Crippen LogP contribution in [0.5, 0.6) is 17.2 Å². The van der Waals surface area contributed by atoms with Crippen LogP contribution in [0.3, 0.4) is 0 Å². The van der Waals surface area contributed by atoms with Crippen LogP contribution in [0.25, 0.3) is 5.76 Å². The van der Waals surface area contributed by atoms with Crippen molar-refractivity contribution in [1.82, 2.24) is 10.2 Å². The Morgan fingerprint density at radius 1 is 0.980 bits per heavy atom. The normalized spacial score (nSPS) is 17.9. The second-order valence-electron chi connectivity index (χ2n) is 11.8. The number of benzene rings is 4. The Kier molecular flexibility index (Phi) is 9.55. The molecule has 0 radical (unpaired) electrons. The predicted octanol–water partition coefficient (Wildman–Crippen LogP) is 7.90. The van der Waals surface area contributed by atoms with E-state index in [-0.39, 0.29) is 28.4 Å². The topological polar surface area (TPSA) is 111 Å². The van der Waals surface area contributed by atoms with Crippen LogP contribution in [0.2, 0.25) is 0 Å². The van der Waals surface area contributed by atoms with Gasteiger partial charge in [-0.1, -0.05) is 71.6 Å². The Morgan fingerprint density at radius 2 is 1.78 bits per heavy atom. The molecule has 50 heavy (non-hydrogen) atoms. The van der Waals surface area contributed by atoms with Crippen molar-refractivity contribution < 1.29 is 33.3 Å². The second kappa shape index (κ2) is 14.3. The van der Waals surface area contributed by atoms with Gasteiger partial charge in [0.05, 0.1) is 18.2 Å². The molecule has 0 spiro atoms. The van der Waals surface area contributed by atoms with E-state index >= 15 is 0 Å². The minimum Gasteiger partial charge on any atom is -0.507 e. The van der Waals surface area contributed by atoms with Crippen molar-refractivity contribution in [2.45, 2.75) is 49.1 Å². The third-order valence-corrected chi connectivity index (χ3v) is 10.4. The zero-order valence-corrected chi connectivity index (χ0v) is 28.8. The Hall–Kier alpha value is -5.20. The van der Waals surface area contributed by atoms with Gasteiger partial charge in [-0.25, -0.2) is 4.39 Å².